The van der Waals surface area contributed by atoms with Crippen LogP contribution in [0.1, 0.15) is 33.6 Å². The number of hydrogen-bond donors (Lipinski definition) is 1. The normalized spacial score (nSPS) is 32.5. The van der Waals surface area contributed by atoms with Crippen LogP contribution in [0.4, 0.5) is 0 Å². The van der Waals surface area contributed by atoms with Gasteiger partial charge in [0.25, 0.3) is 5.91 Å². The van der Waals surface area contributed by atoms with Gasteiger partial charge in [-0.25, -0.2) is 4.68 Å². The van der Waals surface area contributed by atoms with E-state index < -0.39 is 41.1 Å². The van der Waals surface area contributed by atoms with Gasteiger partial charge in [-0.3, -0.25) is 14.4 Å². The van der Waals surface area contributed by atoms with Crippen LogP contribution in [0.3, 0.4) is 0 Å². The molecule has 0 bridgehead atoms. The van der Waals surface area contributed by atoms with Gasteiger partial charge in [0.05, 0.1) is 36.3 Å². The first-order valence-electron chi connectivity index (χ1n) is 13.9. The molecule has 11 nitrogen and oxygen atoms in total. The molecule has 40 heavy (non-hydrogen) atoms. The van der Waals surface area contributed by atoms with Gasteiger partial charge in [-0.05, 0) is 37.8 Å². The van der Waals surface area contributed by atoms with Gasteiger partial charge in [0.2, 0.25) is 5.91 Å². The molecular formula is C29H35N5O6. The monoisotopic (exact) mass is 549 g/mol. The van der Waals surface area contributed by atoms with Gasteiger partial charge in [-0.15, -0.1) is 5.10 Å². The highest BCUT2D eigenvalue weighted by molar-refractivity contribution is 5.99. The standard InChI is InChI=1S/C29H35N5O6/c1-18(2)15-19(16-35)34-24-26(37)32(17-33-21-10-5-4-9-20(21)30-31-33)13-8-12-29(24)22(25(34)36)23-27(38)39-14-7-6-11-28(23,3)40-29/h4-6,8-12,18-19,22-24,35H,7,13-17H2,1-3H3/t19-,22+,23-,24?,28+,29+/m1/s1. The second kappa shape index (κ2) is 9.81. The molecular weight excluding hydrogens is 514 g/mol. The first-order valence-corrected chi connectivity index (χ1v) is 13.9. The number of likely N-dealkylation sites (tertiary alicyclic amines) is 1. The lowest BCUT2D eigenvalue weighted by atomic mass is 9.74. The summed E-state index contributed by atoms with van der Waals surface area (Å²) in [4.78, 5) is 45.5. The Hall–Kier alpha value is -3.57. The zero-order valence-corrected chi connectivity index (χ0v) is 23.0. The van der Waals surface area contributed by atoms with Crippen molar-refractivity contribution < 1.29 is 29.0 Å². The predicted molar refractivity (Wildman–Crippen MR) is 143 cm³/mol. The molecule has 2 fully saturated rings. The molecule has 6 rings (SSSR count). The zero-order chi connectivity index (χ0) is 28.2. The summed E-state index contributed by atoms with van der Waals surface area (Å²) in [5, 5.41) is 18.9. The Labute approximate surface area is 232 Å². The van der Waals surface area contributed by atoms with Crippen LogP contribution in [-0.2, 0) is 30.5 Å². The summed E-state index contributed by atoms with van der Waals surface area (Å²) in [6.07, 6.45) is 8.37. The first kappa shape index (κ1) is 26.6. The maximum absolute atomic E-state index is 14.6. The van der Waals surface area contributed by atoms with Gasteiger partial charge >= 0.3 is 5.97 Å². The van der Waals surface area contributed by atoms with Crippen molar-refractivity contribution in [3.05, 3.63) is 48.6 Å². The average Bonchev–Trinajstić information content (AvgIpc) is 3.48. The fraction of sp³-hybridized carbons (Fsp3) is 0.552. The SMILES string of the molecule is CC(C)C[C@H](CO)N1C(=O)[C@@H]2[C@@H]3C(=O)OCCC=C[C@]3(C)O[C@@]23C=CCN(Cn2nnc4ccccc42)C(=O)C13. The minimum absolute atomic E-state index is 0.111. The Kier molecular flexibility index (Phi) is 6.53. The van der Waals surface area contributed by atoms with Crippen molar-refractivity contribution in [3.63, 3.8) is 0 Å². The van der Waals surface area contributed by atoms with Gasteiger partial charge in [0.1, 0.15) is 29.7 Å². The molecule has 0 saturated carbocycles. The highest BCUT2D eigenvalue weighted by atomic mass is 16.6. The quantitative estimate of drug-likeness (QED) is 0.426. The second-order valence-electron chi connectivity index (χ2n) is 11.7. The van der Waals surface area contributed by atoms with Crippen molar-refractivity contribution in [2.24, 2.45) is 17.8 Å². The maximum atomic E-state index is 14.6. The van der Waals surface area contributed by atoms with Gasteiger partial charge in [0.15, 0.2) is 0 Å². The van der Waals surface area contributed by atoms with Gasteiger partial charge < -0.3 is 24.4 Å². The molecule has 1 aromatic heterocycles. The molecule has 1 N–H and O–H groups in total. The maximum Gasteiger partial charge on any atom is 0.313 e. The third-order valence-electron chi connectivity index (χ3n) is 8.61. The number of amides is 2. The number of aliphatic hydroxyl groups excluding tert-OH is 1. The van der Waals surface area contributed by atoms with Crippen LogP contribution in [0.5, 0.6) is 0 Å². The van der Waals surface area contributed by atoms with Crippen molar-refractivity contribution in [2.45, 2.75) is 63.6 Å². The number of carbonyl (C=O) groups excluding carboxylic acids is 3. The Balaban J connectivity index is 1.46. The van der Waals surface area contributed by atoms with E-state index in [1.165, 1.54) is 4.90 Å². The van der Waals surface area contributed by atoms with E-state index in [4.69, 9.17) is 9.47 Å². The third kappa shape index (κ3) is 3.97. The summed E-state index contributed by atoms with van der Waals surface area (Å²) in [5.74, 6) is -3.00. The highest BCUT2D eigenvalue weighted by Gasteiger charge is 2.75. The van der Waals surface area contributed by atoms with E-state index in [1.54, 1.807) is 22.6 Å². The zero-order valence-electron chi connectivity index (χ0n) is 23.0. The molecule has 2 aromatic rings. The third-order valence-corrected chi connectivity index (χ3v) is 8.61. The predicted octanol–water partition coefficient (Wildman–Crippen LogP) is 1.67. The number of para-hydroxylation sites is 1. The molecule has 0 aliphatic carbocycles. The molecule has 6 atom stereocenters. The number of hydrogen-bond acceptors (Lipinski definition) is 8. The van der Waals surface area contributed by atoms with Crippen molar-refractivity contribution >= 4 is 28.8 Å². The number of aromatic nitrogens is 3. The van der Waals surface area contributed by atoms with Gasteiger partial charge in [-0.2, -0.15) is 0 Å². The minimum Gasteiger partial charge on any atom is -0.465 e. The number of nitrogens with zero attached hydrogens (tertiary/aromatic N) is 5. The van der Waals surface area contributed by atoms with E-state index >= 15 is 0 Å². The lowest BCUT2D eigenvalue weighted by molar-refractivity contribution is -0.162. The smallest absolute Gasteiger partial charge is 0.313 e. The molecule has 5 heterocycles. The molecule has 212 valence electrons. The largest absolute Gasteiger partial charge is 0.465 e. The first-order chi connectivity index (χ1) is 19.2. The molecule has 1 aromatic carbocycles. The molecule has 1 spiro atoms. The lowest BCUT2D eigenvalue weighted by Crippen LogP contribution is -2.59. The van der Waals surface area contributed by atoms with Crippen LogP contribution in [0.15, 0.2) is 48.6 Å². The molecule has 2 saturated heterocycles. The fourth-order valence-electron chi connectivity index (χ4n) is 7.00. The minimum atomic E-state index is -1.41. The van der Waals surface area contributed by atoms with E-state index in [2.05, 4.69) is 10.3 Å². The van der Waals surface area contributed by atoms with Crippen LogP contribution < -0.4 is 0 Å². The fourth-order valence-corrected chi connectivity index (χ4v) is 7.00. The van der Waals surface area contributed by atoms with E-state index in [0.717, 1.165) is 5.52 Å². The van der Waals surface area contributed by atoms with E-state index in [9.17, 15) is 19.5 Å². The van der Waals surface area contributed by atoms with E-state index in [-0.39, 0.29) is 44.2 Å². The molecule has 0 radical (unpaired) electrons. The number of benzene rings is 1. The summed E-state index contributed by atoms with van der Waals surface area (Å²) >= 11 is 0. The number of aliphatic hydroxyl groups is 1. The van der Waals surface area contributed by atoms with E-state index in [0.29, 0.717) is 18.4 Å². The topological polar surface area (TPSA) is 127 Å². The van der Waals surface area contributed by atoms with Crippen LogP contribution in [0.2, 0.25) is 0 Å². The van der Waals surface area contributed by atoms with Crippen molar-refractivity contribution in [2.75, 3.05) is 19.8 Å². The molecule has 4 aliphatic rings. The number of cyclic esters (lactones) is 1. The van der Waals surface area contributed by atoms with Crippen molar-refractivity contribution in [3.8, 4) is 0 Å². The number of carbonyl (C=O) groups is 3. The second-order valence-corrected chi connectivity index (χ2v) is 11.7. The summed E-state index contributed by atoms with van der Waals surface area (Å²) in [6.45, 7) is 6.04. The summed E-state index contributed by atoms with van der Waals surface area (Å²) in [6, 6.07) is 5.78. The van der Waals surface area contributed by atoms with Gasteiger partial charge in [-0.1, -0.05) is 55.5 Å². The summed E-state index contributed by atoms with van der Waals surface area (Å²) in [7, 11) is 0. The van der Waals surface area contributed by atoms with Crippen LogP contribution in [0.25, 0.3) is 11.0 Å². The van der Waals surface area contributed by atoms with Crippen molar-refractivity contribution in [1.82, 2.24) is 24.8 Å². The number of rotatable bonds is 6. The molecule has 11 heteroatoms. The Morgan fingerprint density at radius 2 is 1.90 bits per heavy atom. The number of fused-ring (bicyclic) bond motifs is 3. The lowest BCUT2D eigenvalue weighted by Gasteiger charge is -2.40. The Bertz CT molecular complexity index is 1400. The van der Waals surface area contributed by atoms with Crippen molar-refractivity contribution in [1.29, 1.82) is 0 Å². The Morgan fingerprint density at radius 3 is 2.67 bits per heavy atom. The highest BCUT2D eigenvalue weighted by Crippen LogP contribution is 2.57. The molecule has 1 unspecified atom stereocenters. The molecule has 2 amide bonds. The van der Waals surface area contributed by atoms with Crippen LogP contribution in [-0.4, -0.2) is 90.7 Å². The van der Waals surface area contributed by atoms with Crippen LogP contribution >= 0.6 is 0 Å². The number of ether oxygens (including phenoxy) is 2. The number of esters is 1. The molecule has 4 aliphatic heterocycles. The van der Waals surface area contributed by atoms with Crippen LogP contribution in [0, 0.1) is 17.8 Å². The van der Waals surface area contributed by atoms with Gasteiger partial charge in [0, 0.05) is 6.54 Å². The average molecular weight is 550 g/mol. The van der Waals surface area contributed by atoms with E-state index in [1.807, 2.05) is 56.3 Å². The summed E-state index contributed by atoms with van der Waals surface area (Å²) < 4.78 is 14.0. The Morgan fingerprint density at radius 1 is 1.10 bits per heavy atom. The summed E-state index contributed by atoms with van der Waals surface area (Å²) in [5.41, 5.74) is -1.07.